The minimum Gasteiger partial charge on any atom is -0.497 e. The largest absolute Gasteiger partial charge is 0.497 e. The second-order valence-corrected chi connectivity index (χ2v) is 7.90. The van der Waals surface area contributed by atoms with Gasteiger partial charge in [0.1, 0.15) is 11.6 Å². The monoisotopic (exact) mass is 477 g/mol. The predicted octanol–water partition coefficient (Wildman–Crippen LogP) is 3.46. The lowest BCUT2D eigenvalue weighted by atomic mass is 10.2. The molecule has 0 bridgehead atoms. The SMILES string of the molecule is COc1ccc(N2CCCN(C(=O)CCNC(=O)c3cc(F)ccc3Br)CC2)cc1. The molecule has 0 spiro atoms. The van der Waals surface area contributed by atoms with Crippen LogP contribution in [-0.4, -0.2) is 56.5 Å². The van der Waals surface area contributed by atoms with Gasteiger partial charge in [-0.1, -0.05) is 0 Å². The number of rotatable bonds is 6. The van der Waals surface area contributed by atoms with Gasteiger partial charge < -0.3 is 19.9 Å². The van der Waals surface area contributed by atoms with E-state index in [0.29, 0.717) is 17.6 Å². The van der Waals surface area contributed by atoms with E-state index in [4.69, 9.17) is 4.74 Å². The molecule has 2 amide bonds. The summed E-state index contributed by atoms with van der Waals surface area (Å²) in [5.41, 5.74) is 1.32. The maximum atomic E-state index is 13.4. The van der Waals surface area contributed by atoms with Crippen molar-refractivity contribution in [2.45, 2.75) is 12.8 Å². The Kier molecular flexibility index (Phi) is 7.68. The maximum absolute atomic E-state index is 13.4. The average molecular weight is 478 g/mol. The van der Waals surface area contributed by atoms with Crippen molar-refractivity contribution in [1.29, 1.82) is 0 Å². The summed E-state index contributed by atoms with van der Waals surface area (Å²) in [6, 6.07) is 11.8. The molecular weight excluding hydrogens is 453 g/mol. The fraction of sp³-hybridized carbons (Fsp3) is 0.364. The van der Waals surface area contributed by atoms with Gasteiger partial charge in [-0.05, 0) is 64.8 Å². The Labute approximate surface area is 184 Å². The molecule has 0 aliphatic carbocycles. The van der Waals surface area contributed by atoms with Crippen molar-refractivity contribution >= 4 is 33.4 Å². The second kappa shape index (κ2) is 10.4. The van der Waals surface area contributed by atoms with Gasteiger partial charge in [-0.3, -0.25) is 9.59 Å². The van der Waals surface area contributed by atoms with Crippen LogP contribution in [0.2, 0.25) is 0 Å². The van der Waals surface area contributed by atoms with Crippen molar-refractivity contribution in [3.63, 3.8) is 0 Å². The van der Waals surface area contributed by atoms with Crippen molar-refractivity contribution < 1.29 is 18.7 Å². The molecule has 1 heterocycles. The molecule has 0 atom stereocenters. The third kappa shape index (κ3) is 5.72. The molecule has 0 saturated carbocycles. The van der Waals surface area contributed by atoms with Gasteiger partial charge >= 0.3 is 0 Å². The smallest absolute Gasteiger partial charge is 0.252 e. The number of amides is 2. The number of nitrogens with zero attached hydrogens (tertiary/aromatic N) is 2. The van der Waals surface area contributed by atoms with Crippen molar-refractivity contribution in [2.24, 2.45) is 0 Å². The van der Waals surface area contributed by atoms with Crippen LogP contribution < -0.4 is 15.0 Å². The molecule has 1 N–H and O–H groups in total. The summed E-state index contributed by atoms with van der Waals surface area (Å²) in [5.74, 6) is -0.0657. The van der Waals surface area contributed by atoms with E-state index in [1.807, 2.05) is 29.2 Å². The van der Waals surface area contributed by atoms with Gasteiger partial charge in [0, 0.05) is 49.3 Å². The van der Waals surface area contributed by atoms with E-state index < -0.39 is 11.7 Å². The van der Waals surface area contributed by atoms with E-state index in [2.05, 4.69) is 26.1 Å². The van der Waals surface area contributed by atoms with Crippen molar-refractivity contribution in [2.75, 3.05) is 44.7 Å². The van der Waals surface area contributed by atoms with E-state index in [0.717, 1.165) is 30.9 Å². The fourth-order valence-electron chi connectivity index (χ4n) is 3.43. The number of anilines is 1. The Balaban J connectivity index is 1.47. The Bertz CT molecular complexity index is 892. The molecule has 30 heavy (non-hydrogen) atoms. The number of carbonyl (C=O) groups excluding carboxylic acids is 2. The molecule has 2 aromatic carbocycles. The first-order valence-electron chi connectivity index (χ1n) is 9.88. The minimum atomic E-state index is -0.481. The molecule has 1 aliphatic rings. The summed E-state index contributed by atoms with van der Waals surface area (Å²) in [7, 11) is 1.64. The first-order chi connectivity index (χ1) is 14.5. The third-order valence-electron chi connectivity index (χ3n) is 5.08. The molecule has 3 rings (SSSR count). The van der Waals surface area contributed by atoms with Crippen LogP contribution in [0.4, 0.5) is 10.1 Å². The molecule has 0 aromatic heterocycles. The van der Waals surface area contributed by atoms with Gasteiger partial charge in [-0.15, -0.1) is 0 Å². The first-order valence-corrected chi connectivity index (χ1v) is 10.7. The number of hydrogen-bond acceptors (Lipinski definition) is 4. The normalized spacial score (nSPS) is 14.2. The van der Waals surface area contributed by atoms with E-state index in [9.17, 15) is 14.0 Å². The highest BCUT2D eigenvalue weighted by molar-refractivity contribution is 9.10. The Morgan fingerprint density at radius 3 is 2.60 bits per heavy atom. The molecule has 8 heteroatoms. The zero-order valence-electron chi connectivity index (χ0n) is 16.9. The summed E-state index contributed by atoms with van der Waals surface area (Å²) in [6.45, 7) is 3.16. The van der Waals surface area contributed by atoms with Crippen molar-refractivity contribution in [3.8, 4) is 5.75 Å². The molecule has 1 aliphatic heterocycles. The summed E-state index contributed by atoms with van der Waals surface area (Å²) < 4.78 is 19.1. The summed E-state index contributed by atoms with van der Waals surface area (Å²) in [5, 5.41) is 2.69. The standard InChI is InChI=1S/C22H25BrFN3O3/c1-30-18-6-4-17(5-7-18)26-11-2-12-27(14-13-26)21(28)9-10-25-22(29)19-15-16(24)3-8-20(19)23/h3-8,15H,2,9-14H2,1H3,(H,25,29). The third-order valence-corrected chi connectivity index (χ3v) is 5.78. The number of methoxy groups -OCH3 is 1. The van der Waals surface area contributed by atoms with Crippen molar-refractivity contribution in [3.05, 3.63) is 58.3 Å². The molecule has 0 unspecified atom stereocenters. The van der Waals surface area contributed by atoms with Crippen LogP contribution in [0.15, 0.2) is 46.9 Å². The predicted molar refractivity (Wildman–Crippen MR) is 117 cm³/mol. The summed E-state index contributed by atoms with van der Waals surface area (Å²) >= 11 is 3.24. The van der Waals surface area contributed by atoms with Gasteiger partial charge in [0.05, 0.1) is 12.7 Å². The van der Waals surface area contributed by atoms with Gasteiger partial charge in [-0.25, -0.2) is 4.39 Å². The van der Waals surface area contributed by atoms with Crippen LogP contribution in [0.25, 0.3) is 0 Å². The molecule has 6 nitrogen and oxygen atoms in total. The van der Waals surface area contributed by atoms with Gasteiger partial charge in [0.25, 0.3) is 5.91 Å². The zero-order valence-corrected chi connectivity index (χ0v) is 18.5. The molecular formula is C22H25BrFN3O3. The zero-order chi connectivity index (χ0) is 21.5. The lowest BCUT2D eigenvalue weighted by Crippen LogP contribution is -2.37. The molecule has 0 radical (unpaired) electrons. The Morgan fingerprint density at radius 2 is 1.87 bits per heavy atom. The quantitative estimate of drug-likeness (QED) is 0.691. The van der Waals surface area contributed by atoms with E-state index in [1.165, 1.54) is 18.2 Å². The number of halogens is 2. The highest BCUT2D eigenvalue weighted by Crippen LogP contribution is 2.21. The molecule has 160 valence electrons. The van der Waals surface area contributed by atoms with Crippen LogP contribution in [0, 0.1) is 5.82 Å². The van der Waals surface area contributed by atoms with Gasteiger partial charge in [0.15, 0.2) is 0 Å². The topological polar surface area (TPSA) is 61.9 Å². The van der Waals surface area contributed by atoms with Crippen LogP contribution >= 0.6 is 15.9 Å². The second-order valence-electron chi connectivity index (χ2n) is 7.05. The van der Waals surface area contributed by atoms with Crippen LogP contribution in [0.3, 0.4) is 0 Å². The first kappa shape index (κ1) is 22.1. The van der Waals surface area contributed by atoms with Crippen molar-refractivity contribution in [1.82, 2.24) is 10.2 Å². The summed E-state index contributed by atoms with van der Waals surface area (Å²) in [4.78, 5) is 28.9. The number of nitrogens with one attached hydrogen (secondary N) is 1. The number of benzene rings is 2. The lowest BCUT2D eigenvalue weighted by molar-refractivity contribution is -0.130. The molecule has 2 aromatic rings. The van der Waals surface area contributed by atoms with Crippen LogP contribution in [0.1, 0.15) is 23.2 Å². The number of carbonyl (C=O) groups is 2. The van der Waals surface area contributed by atoms with Crippen LogP contribution in [-0.2, 0) is 4.79 Å². The minimum absolute atomic E-state index is 0.00480. The van der Waals surface area contributed by atoms with Crippen LogP contribution in [0.5, 0.6) is 5.75 Å². The summed E-state index contributed by atoms with van der Waals surface area (Å²) in [6.07, 6.45) is 1.08. The van der Waals surface area contributed by atoms with Gasteiger partial charge in [-0.2, -0.15) is 0 Å². The molecule has 1 saturated heterocycles. The van der Waals surface area contributed by atoms with E-state index in [1.54, 1.807) is 7.11 Å². The average Bonchev–Trinajstić information content (AvgIpc) is 3.01. The Hall–Kier alpha value is -2.61. The lowest BCUT2D eigenvalue weighted by Gasteiger charge is -2.24. The van der Waals surface area contributed by atoms with E-state index in [-0.39, 0.29) is 24.4 Å². The maximum Gasteiger partial charge on any atom is 0.252 e. The highest BCUT2D eigenvalue weighted by Gasteiger charge is 2.20. The number of hydrogen-bond donors (Lipinski definition) is 1. The van der Waals surface area contributed by atoms with E-state index >= 15 is 0 Å². The highest BCUT2D eigenvalue weighted by atomic mass is 79.9. The fourth-order valence-corrected chi connectivity index (χ4v) is 3.85. The molecule has 1 fully saturated rings. The van der Waals surface area contributed by atoms with Gasteiger partial charge in [0.2, 0.25) is 5.91 Å². The Morgan fingerprint density at radius 1 is 1.10 bits per heavy atom. The number of ether oxygens (including phenoxy) is 1.